The van der Waals surface area contributed by atoms with Crippen LogP contribution in [0.25, 0.3) is 0 Å². The van der Waals surface area contributed by atoms with E-state index in [9.17, 15) is 4.79 Å². The predicted octanol–water partition coefficient (Wildman–Crippen LogP) is 1.21. The molecule has 2 aliphatic heterocycles. The Kier molecular flexibility index (Phi) is 9.19. The molecule has 0 radical (unpaired) electrons. The van der Waals surface area contributed by atoms with Crippen LogP contribution in [0.1, 0.15) is 17.3 Å². The molecule has 2 saturated heterocycles. The average molecular weight is 394 g/mol. The number of benzene rings is 1. The van der Waals surface area contributed by atoms with Crippen molar-refractivity contribution in [1.29, 1.82) is 0 Å². The topological polar surface area (TPSA) is 88.5 Å². The molecule has 2 atom stereocenters. The highest BCUT2D eigenvalue weighted by Gasteiger charge is 2.33. The summed E-state index contributed by atoms with van der Waals surface area (Å²) in [6, 6.07) is 7.70. The number of carbonyl (C=O) groups excluding carboxylic acids is 1. The van der Waals surface area contributed by atoms with Crippen molar-refractivity contribution in [3.05, 3.63) is 29.8 Å². The molecular weight excluding hydrogens is 364 g/mol. The van der Waals surface area contributed by atoms with Crippen LogP contribution in [0.2, 0.25) is 0 Å². The van der Waals surface area contributed by atoms with Gasteiger partial charge in [-0.15, -0.1) is 0 Å². The third kappa shape index (κ3) is 6.47. The predicted molar refractivity (Wildman–Crippen MR) is 104 cm³/mol. The highest BCUT2D eigenvalue weighted by molar-refractivity contribution is 5.94. The number of rotatable bonds is 6. The van der Waals surface area contributed by atoms with Crippen molar-refractivity contribution in [2.75, 3.05) is 59.7 Å². The first kappa shape index (κ1) is 22.1. The number of hydrogen-bond acceptors (Lipinski definition) is 6. The third-order valence-corrected chi connectivity index (χ3v) is 4.81. The first-order valence-electron chi connectivity index (χ1n) is 9.54. The van der Waals surface area contributed by atoms with E-state index in [-0.39, 0.29) is 18.4 Å². The normalized spacial score (nSPS) is 21.9. The Labute approximate surface area is 166 Å². The second kappa shape index (κ2) is 11.6. The van der Waals surface area contributed by atoms with E-state index < -0.39 is 0 Å². The number of carbonyl (C=O) groups is 2. The molecule has 2 heterocycles. The van der Waals surface area contributed by atoms with Crippen molar-refractivity contribution >= 4 is 12.4 Å². The van der Waals surface area contributed by atoms with Gasteiger partial charge in [0.1, 0.15) is 12.4 Å². The van der Waals surface area contributed by atoms with E-state index >= 15 is 0 Å². The fourth-order valence-electron chi connectivity index (χ4n) is 3.48. The molecule has 0 unspecified atom stereocenters. The second-order valence-electron chi connectivity index (χ2n) is 6.89. The largest absolute Gasteiger partial charge is 0.491 e. The van der Waals surface area contributed by atoms with E-state index in [1.165, 1.54) is 0 Å². The SMILES string of the molecule is CCOCCOc1cccc(C(=O)N2C[C@@H]3COC[C@H](C2)N(C)C3)c1.O=CO. The summed E-state index contributed by atoms with van der Waals surface area (Å²) in [6.45, 7) is 7.28. The summed E-state index contributed by atoms with van der Waals surface area (Å²) in [4.78, 5) is 25.7. The Morgan fingerprint density at radius 1 is 1.29 bits per heavy atom. The minimum absolute atomic E-state index is 0.0717. The smallest absolute Gasteiger partial charge is 0.290 e. The summed E-state index contributed by atoms with van der Waals surface area (Å²) in [6.07, 6.45) is 0. The lowest BCUT2D eigenvalue weighted by molar-refractivity contribution is -0.122. The Bertz CT molecular complexity index is 626. The van der Waals surface area contributed by atoms with Crippen molar-refractivity contribution < 1.29 is 28.9 Å². The van der Waals surface area contributed by atoms with Gasteiger partial charge in [0.25, 0.3) is 12.4 Å². The molecule has 3 rings (SSSR count). The van der Waals surface area contributed by atoms with E-state index in [1.807, 2.05) is 36.1 Å². The molecule has 1 amide bonds. The van der Waals surface area contributed by atoms with Crippen molar-refractivity contribution in [3.8, 4) is 5.75 Å². The van der Waals surface area contributed by atoms with Crippen LogP contribution >= 0.6 is 0 Å². The molecule has 1 aromatic carbocycles. The van der Waals surface area contributed by atoms with Crippen LogP contribution in [0.3, 0.4) is 0 Å². The van der Waals surface area contributed by atoms with Crippen LogP contribution in [0.5, 0.6) is 5.75 Å². The van der Waals surface area contributed by atoms with Gasteiger partial charge in [-0.2, -0.15) is 0 Å². The lowest BCUT2D eigenvalue weighted by Crippen LogP contribution is -2.44. The van der Waals surface area contributed by atoms with Gasteiger partial charge in [0.15, 0.2) is 0 Å². The molecular formula is C20H30N2O6. The van der Waals surface area contributed by atoms with Gasteiger partial charge < -0.3 is 24.2 Å². The zero-order valence-corrected chi connectivity index (χ0v) is 16.6. The van der Waals surface area contributed by atoms with Gasteiger partial charge >= 0.3 is 0 Å². The zero-order chi connectivity index (χ0) is 20.4. The van der Waals surface area contributed by atoms with Crippen LogP contribution in [-0.4, -0.2) is 93.0 Å². The van der Waals surface area contributed by atoms with Gasteiger partial charge in [0.05, 0.1) is 25.9 Å². The van der Waals surface area contributed by atoms with Gasteiger partial charge in [-0.1, -0.05) is 6.07 Å². The standard InChI is InChI=1S/C19H28N2O4.CH2O2/c1-3-23-7-8-25-18-6-4-5-16(9-18)19(22)21-11-15-10-20(2)17(12-21)14-24-13-15;2-1-3/h4-6,9,15,17H,3,7-8,10-14H2,1-2H3;1H,(H,2,3)/t15-,17+;/m1./s1. The fraction of sp³-hybridized carbons (Fsp3) is 0.600. The molecule has 2 bridgehead atoms. The van der Waals surface area contributed by atoms with Crippen LogP contribution in [-0.2, 0) is 14.3 Å². The highest BCUT2D eigenvalue weighted by atomic mass is 16.5. The lowest BCUT2D eigenvalue weighted by atomic mass is 10.1. The molecule has 156 valence electrons. The Morgan fingerprint density at radius 2 is 2.07 bits per heavy atom. The molecule has 1 N–H and O–H groups in total. The van der Waals surface area contributed by atoms with Crippen LogP contribution < -0.4 is 4.74 Å². The van der Waals surface area contributed by atoms with Crippen LogP contribution in [0.4, 0.5) is 0 Å². The lowest BCUT2D eigenvalue weighted by Gasteiger charge is -2.30. The maximum Gasteiger partial charge on any atom is 0.290 e. The molecule has 2 fully saturated rings. The third-order valence-electron chi connectivity index (χ3n) is 4.81. The van der Waals surface area contributed by atoms with Gasteiger partial charge in [-0.25, -0.2) is 0 Å². The zero-order valence-electron chi connectivity index (χ0n) is 16.6. The molecule has 0 saturated carbocycles. The molecule has 0 spiro atoms. The van der Waals surface area contributed by atoms with Gasteiger partial charge in [-0.05, 0) is 32.2 Å². The summed E-state index contributed by atoms with van der Waals surface area (Å²) < 4.78 is 16.7. The van der Waals surface area contributed by atoms with Crippen LogP contribution in [0.15, 0.2) is 24.3 Å². The highest BCUT2D eigenvalue weighted by Crippen LogP contribution is 2.21. The van der Waals surface area contributed by atoms with E-state index in [0.717, 1.165) is 19.7 Å². The van der Waals surface area contributed by atoms with Gasteiger partial charge in [0.2, 0.25) is 0 Å². The number of ether oxygens (including phenoxy) is 3. The van der Waals surface area contributed by atoms with Crippen molar-refractivity contribution in [3.63, 3.8) is 0 Å². The molecule has 28 heavy (non-hydrogen) atoms. The Balaban J connectivity index is 0.000000878. The summed E-state index contributed by atoms with van der Waals surface area (Å²) in [5.74, 6) is 1.15. The van der Waals surface area contributed by atoms with Gasteiger partial charge in [-0.3, -0.25) is 14.5 Å². The maximum atomic E-state index is 13.0. The molecule has 0 aromatic heterocycles. The average Bonchev–Trinajstić information content (AvgIpc) is 2.94. The quantitative estimate of drug-likeness (QED) is 0.573. The van der Waals surface area contributed by atoms with E-state index in [4.69, 9.17) is 24.1 Å². The minimum atomic E-state index is -0.250. The molecule has 0 aliphatic carbocycles. The first-order valence-corrected chi connectivity index (χ1v) is 9.54. The molecule has 1 aromatic rings. The number of nitrogens with zero attached hydrogens (tertiary/aromatic N) is 2. The van der Waals surface area contributed by atoms with E-state index in [0.29, 0.717) is 50.2 Å². The van der Waals surface area contributed by atoms with Crippen LogP contribution in [0, 0.1) is 5.92 Å². The van der Waals surface area contributed by atoms with Gasteiger partial charge in [0, 0.05) is 37.7 Å². The maximum absolute atomic E-state index is 13.0. The molecule has 8 nitrogen and oxygen atoms in total. The van der Waals surface area contributed by atoms with E-state index in [1.54, 1.807) is 0 Å². The number of amides is 1. The summed E-state index contributed by atoms with van der Waals surface area (Å²) in [5, 5.41) is 6.89. The summed E-state index contributed by atoms with van der Waals surface area (Å²) in [5.41, 5.74) is 0.678. The Morgan fingerprint density at radius 3 is 2.82 bits per heavy atom. The number of fused-ring (bicyclic) bond motifs is 3. The van der Waals surface area contributed by atoms with Crippen molar-refractivity contribution in [1.82, 2.24) is 9.80 Å². The number of likely N-dealkylation sites (N-methyl/N-ethyl adjacent to an activating group) is 1. The summed E-state index contributed by atoms with van der Waals surface area (Å²) >= 11 is 0. The molecule has 2 aliphatic rings. The van der Waals surface area contributed by atoms with E-state index in [2.05, 4.69) is 11.9 Å². The minimum Gasteiger partial charge on any atom is -0.491 e. The monoisotopic (exact) mass is 394 g/mol. The number of hydrogen-bond donors (Lipinski definition) is 1. The number of carboxylic acid groups (broad SMARTS) is 1. The van der Waals surface area contributed by atoms with Crippen molar-refractivity contribution in [2.45, 2.75) is 13.0 Å². The fourth-order valence-corrected chi connectivity index (χ4v) is 3.48. The Hall–Kier alpha value is -2.16. The first-order chi connectivity index (χ1) is 13.6. The summed E-state index contributed by atoms with van der Waals surface area (Å²) in [7, 11) is 2.12. The second-order valence-corrected chi connectivity index (χ2v) is 6.89. The van der Waals surface area contributed by atoms with Crippen molar-refractivity contribution in [2.24, 2.45) is 5.92 Å². The molecule has 8 heteroatoms.